The van der Waals surface area contributed by atoms with Crippen molar-refractivity contribution in [3.05, 3.63) is 0 Å². The molecule has 0 radical (unpaired) electrons. The molecule has 0 saturated heterocycles. The number of rotatable bonds is 3. The molecule has 0 aromatic heterocycles. The third-order valence-corrected chi connectivity index (χ3v) is 2.73. The highest BCUT2D eigenvalue weighted by Gasteiger charge is 2.18. The van der Waals surface area contributed by atoms with Crippen LogP contribution in [0.25, 0.3) is 0 Å². The molecule has 3 heteroatoms. The van der Waals surface area contributed by atoms with E-state index >= 15 is 0 Å². The van der Waals surface area contributed by atoms with Crippen LogP contribution in [0, 0.1) is 0 Å². The molecule has 13 heavy (non-hydrogen) atoms. The fraction of sp³-hybridized carbons (Fsp3) is 0.900. The van der Waals surface area contributed by atoms with Crippen LogP contribution in [0.3, 0.4) is 0 Å². The van der Waals surface area contributed by atoms with Gasteiger partial charge in [0.05, 0.1) is 6.04 Å². The summed E-state index contributed by atoms with van der Waals surface area (Å²) in [6.45, 7) is 1.92. The van der Waals surface area contributed by atoms with Gasteiger partial charge in [-0.15, -0.1) is 0 Å². The maximum absolute atomic E-state index is 11.2. The Labute approximate surface area is 80.3 Å². The third-order valence-electron chi connectivity index (χ3n) is 2.73. The predicted octanol–water partition coefficient (Wildman–Crippen LogP) is 1.04. The topological polar surface area (TPSA) is 41.1 Å². The van der Waals surface area contributed by atoms with E-state index in [1.165, 1.54) is 32.1 Å². The van der Waals surface area contributed by atoms with Crippen LogP contribution in [0.15, 0.2) is 0 Å². The van der Waals surface area contributed by atoms with E-state index in [0.29, 0.717) is 6.04 Å². The molecule has 1 atom stereocenters. The molecule has 0 bridgehead atoms. The molecular weight excluding hydrogens is 164 g/mol. The van der Waals surface area contributed by atoms with Gasteiger partial charge in [-0.25, -0.2) is 0 Å². The minimum absolute atomic E-state index is 0.0481. The quantitative estimate of drug-likeness (QED) is 0.688. The summed E-state index contributed by atoms with van der Waals surface area (Å²) in [7, 11) is 1.68. The van der Waals surface area contributed by atoms with E-state index in [4.69, 9.17) is 0 Å². The molecule has 1 amide bonds. The van der Waals surface area contributed by atoms with Crippen molar-refractivity contribution in [3.63, 3.8) is 0 Å². The molecule has 0 aromatic carbocycles. The second-order valence-corrected chi connectivity index (χ2v) is 3.84. The molecule has 0 aliphatic heterocycles. The first kappa shape index (κ1) is 10.5. The molecule has 1 aliphatic carbocycles. The highest BCUT2D eigenvalue weighted by molar-refractivity contribution is 5.80. The first-order valence-corrected chi connectivity index (χ1v) is 5.21. The van der Waals surface area contributed by atoms with Gasteiger partial charge in [-0.1, -0.05) is 19.3 Å². The SMILES string of the molecule is CNC(=O)[C@@H](C)NC1CCCCC1. The number of hydrogen-bond donors (Lipinski definition) is 2. The van der Waals surface area contributed by atoms with E-state index in [-0.39, 0.29) is 11.9 Å². The Bertz CT molecular complexity index is 164. The summed E-state index contributed by atoms with van der Waals surface area (Å²) in [4.78, 5) is 11.2. The van der Waals surface area contributed by atoms with Crippen molar-refractivity contribution in [3.8, 4) is 0 Å². The lowest BCUT2D eigenvalue weighted by Gasteiger charge is -2.25. The van der Waals surface area contributed by atoms with Gasteiger partial charge in [0.25, 0.3) is 0 Å². The highest BCUT2D eigenvalue weighted by atomic mass is 16.2. The largest absolute Gasteiger partial charge is 0.358 e. The first-order chi connectivity index (χ1) is 6.24. The van der Waals surface area contributed by atoms with Gasteiger partial charge >= 0.3 is 0 Å². The lowest BCUT2D eigenvalue weighted by molar-refractivity contribution is -0.122. The van der Waals surface area contributed by atoms with Gasteiger partial charge < -0.3 is 10.6 Å². The van der Waals surface area contributed by atoms with Crippen molar-refractivity contribution in [2.24, 2.45) is 0 Å². The zero-order chi connectivity index (χ0) is 9.68. The van der Waals surface area contributed by atoms with Crippen LogP contribution in [-0.4, -0.2) is 25.0 Å². The van der Waals surface area contributed by atoms with Gasteiger partial charge in [0.1, 0.15) is 0 Å². The van der Waals surface area contributed by atoms with Crippen molar-refractivity contribution in [2.45, 2.75) is 51.1 Å². The van der Waals surface area contributed by atoms with Gasteiger partial charge in [0.15, 0.2) is 0 Å². The summed E-state index contributed by atoms with van der Waals surface area (Å²) in [6, 6.07) is 0.508. The second kappa shape index (κ2) is 5.22. The van der Waals surface area contributed by atoms with E-state index in [1.54, 1.807) is 7.05 Å². The standard InChI is InChI=1S/C10H20N2O/c1-8(10(13)11-2)12-9-6-4-3-5-7-9/h8-9,12H,3-7H2,1-2H3,(H,11,13)/t8-/m1/s1. The molecular formula is C10H20N2O. The molecule has 0 unspecified atom stereocenters. The molecule has 1 rings (SSSR count). The van der Waals surface area contributed by atoms with E-state index in [1.807, 2.05) is 6.92 Å². The molecule has 0 aromatic rings. The predicted molar refractivity (Wildman–Crippen MR) is 53.5 cm³/mol. The van der Waals surface area contributed by atoms with Crippen LogP contribution in [0.5, 0.6) is 0 Å². The number of hydrogen-bond acceptors (Lipinski definition) is 2. The van der Waals surface area contributed by atoms with Crippen LogP contribution in [0.4, 0.5) is 0 Å². The smallest absolute Gasteiger partial charge is 0.236 e. The van der Waals surface area contributed by atoms with Crippen LogP contribution >= 0.6 is 0 Å². The monoisotopic (exact) mass is 184 g/mol. The van der Waals surface area contributed by atoms with Gasteiger partial charge in [-0.3, -0.25) is 4.79 Å². The zero-order valence-corrected chi connectivity index (χ0v) is 8.60. The highest BCUT2D eigenvalue weighted by Crippen LogP contribution is 2.17. The van der Waals surface area contributed by atoms with Gasteiger partial charge in [0.2, 0.25) is 5.91 Å². The molecule has 0 heterocycles. The second-order valence-electron chi connectivity index (χ2n) is 3.84. The van der Waals surface area contributed by atoms with Crippen molar-refractivity contribution in [1.29, 1.82) is 0 Å². The van der Waals surface area contributed by atoms with Crippen molar-refractivity contribution < 1.29 is 4.79 Å². The van der Waals surface area contributed by atoms with Crippen molar-refractivity contribution in [2.75, 3.05) is 7.05 Å². The summed E-state index contributed by atoms with van der Waals surface area (Å²) in [5, 5.41) is 6.01. The molecule has 1 aliphatic rings. The average Bonchev–Trinajstić information content (AvgIpc) is 2.18. The molecule has 76 valence electrons. The molecule has 1 fully saturated rings. The van der Waals surface area contributed by atoms with Crippen LogP contribution in [-0.2, 0) is 4.79 Å². The Morgan fingerprint density at radius 3 is 2.46 bits per heavy atom. The van der Waals surface area contributed by atoms with E-state index in [2.05, 4.69) is 10.6 Å². The van der Waals surface area contributed by atoms with E-state index in [9.17, 15) is 4.79 Å². The minimum Gasteiger partial charge on any atom is -0.358 e. The lowest BCUT2D eigenvalue weighted by Crippen LogP contribution is -2.46. The maximum atomic E-state index is 11.2. The number of amides is 1. The van der Waals surface area contributed by atoms with Crippen molar-refractivity contribution in [1.82, 2.24) is 10.6 Å². The Morgan fingerprint density at radius 1 is 1.31 bits per heavy atom. The van der Waals surface area contributed by atoms with Crippen molar-refractivity contribution >= 4 is 5.91 Å². The third kappa shape index (κ3) is 3.35. The van der Waals surface area contributed by atoms with Crippen LogP contribution < -0.4 is 10.6 Å². The minimum atomic E-state index is -0.0481. The van der Waals surface area contributed by atoms with Gasteiger partial charge in [-0.2, -0.15) is 0 Å². The fourth-order valence-electron chi connectivity index (χ4n) is 1.92. The number of carbonyl (C=O) groups is 1. The Balaban J connectivity index is 2.25. The fourth-order valence-corrected chi connectivity index (χ4v) is 1.92. The summed E-state index contributed by atoms with van der Waals surface area (Å²) in [5.41, 5.74) is 0. The summed E-state index contributed by atoms with van der Waals surface area (Å²) < 4.78 is 0. The van der Waals surface area contributed by atoms with Gasteiger partial charge in [0, 0.05) is 13.1 Å². The Kier molecular flexibility index (Phi) is 4.22. The molecule has 2 N–H and O–H groups in total. The first-order valence-electron chi connectivity index (χ1n) is 5.21. The Morgan fingerprint density at radius 2 is 1.92 bits per heavy atom. The number of carbonyl (C=O) groups excluding carboxylic acids is 1. The molecule has 1 saturated carbocycles. The zero-order valence-electron chi connectivity index (χ0n) is 8.60. The molecule has 0 spiro atoms. The average molecular weight is 184 g/mol. The van der Waals surface area contributed by atoms with Gasteiger partial charge in [-0.05, 0) is 19.8 Å². The maximum Gasteiger partial charge on any atom is 0.236 e. The summed E-state index contributed by atoms with van der Waals surface area (Å²) in [5.74, 6) is 0.0885. The van der Waals surface area contributed by atoms with Crippen LogP contribution in [0.2, 0.25) is 0 Å². The van der Waals surface area contributed by atoms with E-state index in [0.717, 1.165) is 0 Å². The van der Waals surface area contributed by atoms with E-state index < -0.39 is 0 Å². The lowest BCUT2D eigenvalue weighted by atomic mass is 9.95. The summed E-state index contributed by atoms with van der Waals surface area (Å²) >= 11 is 0. The molecule has 3 nitrogen and oxygen atoms in total. The summed E-state index contributed by atoms with van der Waals surface area (Å²) in [6.07, 6.45) is 6.41. The van der Waals surface area contributed by atoms with Crippen LogP contribution in [0.1, 0.15) is 39.0 Å². The number of nitrogens with one attached hydrogen (secondary N) is 2. The normalized spacial score (nSPS) is 21.1. The Hall–Kier alpha value is -0.570. The number of likely N-dealkylation sites (N-methyl/N-ethyl adjacent to an activating group) is 1.